The highest BCUT2D eigenvalue weighted by Gasteiger charge is 2.32. The Morgan fingerprint density at radius 2 is 1.96 bits per heavy atom. The first-order chi connectivity index (χ1) is 12.0. The minimum atomic E-state index is -0.163. The van der Waals surface area contributed by atoms with Gasteiger partial charge in [-0.2, -0.15) is 0 Å². The molecule has 1 aliphatic heterocycles. The summed E-state index contributed by atoms with van der Waals surface area (Å²) in [6.07, 6.45) is 3.70. The molecule has 2 N–H and O–H groups in total. The van der Waals surface area contributed by atoms with Crippen molar-refractivity contribution in [1.82, 2.24) is 10.2 Å². The number of ether oxygens (including phenoxy) is 1. The fourth-order valence-corrected chi connectivity index (χ4v) is 3.01. The number of rotatable bonds is 6. The zero-order valence-electron chi connectivity index (χ0n) is 15.4. The Hall–Kier alpha value is -2.24. The zero-order chi connectivity index (χ0) is 18.2. The number of carbonyl (C=O) groups is 2. The van der Waals surface area contributed by atoms with E-state index < -0.39 is 0 Å². The van der Waals surface area contributed by atoms with Crippen LogP contribution in [0.25, 0.3) is 0 Å². The van der Waals surface area contributed by atoms with Crippen molar-refractivity contribution in [2.45, 2.75) is 45.6 Å². The van der Waals surface area contributed by atoms with E-state index in [-0.39, 0.29) is 23.9 Å². The minimum absolute atomic E-state index is 0.0580. The summed E-state index contributed by atoms with van der Waals surface area (Å²) >= 11 is 0. The number of methoxy groups -OCH3 is 1. The van der Waals surface area contributed by atoms with Gasteiger partial charge < -0.3 is 20.3 Å². The third-order valence-corrected chi connectivity index (χ3v) is 4.68. The molecule has 1 aromatic carbocycles. The standard InChI is InChI=1S/C19H29N3O3/c1-4-5-12-20-18(23)15-7-6-14(2)22(13-15)19(24)21-16-8-10-17(25-3)11-9-16/h8-11,14-15H,4-7,12-13H2,1-3H3,(H,20,23)(H,21,24)/t14-,15-/m0/s1. The third kappa shape index (κ3) is 5.37. The number of unbranched alkanes of at least 4 members (excludes halogenated alkanes) is 1. The van der Waals surface area contributed by atoms with Crippen LogP contribution in [0.3, 0.4) is 0 Å². The molecule has 0 unspecified atom stereocenters. The van der Waals surface area contributed by atoms with Crippen LogP contribution >= 0.6 is 0 Å². The predicted molar refractivity (Wildman–Crippen MR) is 98.8 cm³/mol. The Morgan fingerprint density at radius 1 is 1.24 bits per heavy atom. The molecule has 138 valence electrons. The van der Waals surface area contributed by atoms with Crippen LogP contribution in [0.1, 0.15) is 39.5 Å². The number of piperidine rings is 1. The van der Waals surface area contributed by atoms with E-state index in [4.69, 9.17) is 4.74 Å². The molecule has 2 atom stereocenters. The van der Waals surface area contributed by atoms with Crippen molar-refractivity contribution in [3.63, 3.8) is 0 Å². The maximum Gasteiger partial charge on any atom is 0.322 e. The maximum absolute atomic E-state index is 12.6. The molecule has 1 fully saturated rings. The van der Waals surface area contributed by atoms with E-state index in [1.807, 2.05) is 6.92 Å². The van der Waals surface area contributed by atoms with Crippen molar-refractivity contribution in [1.29, 1.82) is 0 Å². The van der Waals surface area contributed by atoms with Gasteiger partial charge >= 0.3 is 6.03 Å². The molecule has 0 aromatic heterocycles. The van der Waals surface area contributed by atoms with Crippen molar-refractivity contribution in [3.8, 4) is 5.75 Å². The first kappa shape index (κ1) is 19.1. The van der Waals surface area contributed by atoms with Gasteiger partial charge in [0.15, 0.2) is 0 Å². The highest BCUT2D eigenvalue weighted by atomic mass is 16.5. The Bertz CT molecular complexity index is 574. The van der Waals surface area contributed by atoms with Crippen LogP contribution in [-0.2, 0) is 4.79 Å². The molecule has 25 heavy (non-hydrogen) atoms. The summed E-state index contributed by atoms with van der Waals surface area (Å²) < 4.78 is 5.12. The van der Waals surface area contributed by atoms with Gasteiger partial charge in [0, 0.05) is 24.8 Å². The smallest absolute Gasteiger partial charge is 0.322 e. The van der Waals surface area contributed by atoms with Gasteiger partial charge in [0.25, 0.3) is 0 Å². The van der Waals surface area contributed by atoms with Gasteiger partial charge in [-0.05, 0) is 50.5 Å². The van der Waals surface area contributed by atoms with Gasteiger partial charge in [0.1, 0.15) is 5.75 Å². The highest BCUT2D eigenvalue weighted by Crippen LogP contribution is 2.23. The van der Waals surface area contributed by atoms with E-state index in [1.165, 1.54) is 0 Å². The molecule has 1 aliphatic rings. The van der Waals surface area contributed by atoms with Crippen LogP contribution < -0.4 is 15.4 Å². The van der Waals surface area contributed by atoms with Gasteiger partial charge in [-0.3, -0.25) is 4.79 Å². The summed E-state index contributed by atoms with van der Waals surface area (Å²) in [4.78, 5) is 26.7. The fourth-order valence-electron chi connectivity index (χ4n) is 3.01. The van der Waals surface area contributed by atoms with E-state index >= 15 is 0 Å². The summed E-state index contributed by atoms with van der Waals surface area (Å²) in [5.74, 6) is 0.672. The molecular formula is C19H29N3O3. The van der Waals surface area contributed by atoms with Crippen molar-refractivity contribution >= 4 is 17.6 Å². The topological polar surface area (TPSA) is 70.7 Å². The quantitative estimate of drug-likeness (QED) is 0.776. The van der Waals surface area contributed by atoms with E-state index in [0.717, 1.165) is 31.4 Å². The molecule has 6 nitrogen and oxygen atoms in total. The number of anilines is 1. The van der Waals surface area contributed by atoms with E-state index in [9.17, 15) is 9.59 Å². The van der Waals surface area contributed by atoms with Gasteiger partial charge in [-0.15, -0.1) is 0 Å². The third-order valence-electron chi connectivity index (χ3n) is 4.68. The van der Waals surface area contributed by atoms with Gasteiger partial charge in [0.2, 0.25) is 5.91 Å². The summed E-state index contributed by atoms with van der Waals surface area (Å²) in [6, 6.07) is 7.18. The van der Waals surface area contributed by atoms with E-state index in [2.05, 4.69) is 17.6 Å². The normalized spacial score (nSPS) is 20.0. The summed E-state index contributed by atoms with van der Waals surface area (Å²) in [7, 11) is 1.61. The molecule has 6 heteroatoms. The van der Waals surface area contributed by atoms with Crippen molar-refractivity contribution < 1.29 is 14.3 Å². The maximum atomic E-state index is 12.6. The molecule has 1 saturated heterocycles. The summed E-state index contributed by atoms with van der Waals surface area (Å²) in [6.45, 7) is 5.29. The SMILES string of the molecule is CCCCNC(=O)[C@H]1CC[C@H](C)N(C(=O)Nc2ccc(OC)cc2)C1. The Kier molecular flexibility index (Phi) is 7.10. The number of hydrogen-bond donors (Lipinski definition) is 2. The number of amides is 3. The van der Waals surface area contributed by atoms with Crippen LogP contribution in [0.2, 0.25) is 0 Å². The number of likely N-dealkylation sites (tertiary alicyclic amines) is 1. The van der Waals surface area contributed by atoms with Crippen LogP contribution in [0.4, 0.5) is 10.5 Å². The largest absolute Gasteiger partial charge is 0.497 e. The van der Waals surface area contributed by atoms with Crippen molar-refractivity contribution in [2.24, 2.45) is 5.92 Å². The van der Waals surface area contributed by atoms with Gasteiger partial charge in [-0.25, -0.2) is 4.79 Å². The lowest BCUT2D eigenvalue weighted by Gasteiger charge is -2.37. The van der Waals surface area contributed by atoms with Crippen molar-refractivity contribution in [2.75, 3.05) is 25.5 Å². The summed E-state index contributed by atoms with van der Waals surface area (Å²) in [5, 5.41) is 5.88. The molecule has 0 bridgehead atoms. The average Bonchev–Trinajstić information content (AvgIpc) is 2.62. The molecule has 3 amide bonds. The predicted octanol–water partition coefficient (Wildman–Crippen LogP) is 3.24. The molecule has 0 saturated carbocycles. The lowest BCUT2D eigenvalue weighted by atomic mass is 9.93. The molecular weight excluding hydrogens is 318 g/mol. The molecule has 0 aliphatic carbocycles. The monoisotopic (exact) mass is 347 g/mol. The summed E-state index contributed by atoms with van der Waals surface area (Å²) in [5.41, 5.74) is 0.715. The van der Waals surface area contributed by atoms with Crippen LogP contribution in [0.5, 0.6) is 5.75 Å². The average molecular weight is 347 g/mol. The fraction of sp³-hybridized carbons (Fsp3) is 0.579. The Morgan fingerprint density at radius 3 is 2.60 bits per heavy atom. The number of hydrogen-bond acceptors (Lipinski definition) is 3. The highest BCUT2D eigenvalue weighted by molar-refractivity contribution is 5.90. The Labute approximate surface area is 149 Å². The number of urea groups is 1. The lowest BCUT2D eigenvalue weighted by molar-refractivity contribution is -0.126. The second-order valence-electron chi connectivity index (χ2n) is 6.58. The Balaban J connectivity index is 1.93. The van der Waals surface area contributed by atoms with E-state index in [0.29, 0.717) is 18.8 Å². The first-order valence-corrected chi connectivity index (χ1v) is 9.04. The molecule has 0 spiro atoms. The second kappa shape index (κ2) is 9.30. The lowest BCUT2D eigenvalue weighted by Crippen LogP contribution is -2.50. The van der Waals surface area contributed by atoms with Crippen molar-refractivity contribution in [3.05, 3.63) is 24.3 Å². The van der Waals surface area contributed by atoms with Crippen LogP contribution in [-0.4, -0.2) is 43.1 Å². The minimum Gasteiger partial charge on any atom is -0.497 e. The van der Waals surface area contributed by atoms with Gasteiger partial charge in [0.05, 0.1) is 13.0 Å². The van der Waals surface area contributed by atoms with Gasteiger partial charge in [-0.1, -0.05) is 13.3 Å². The second-order valence-corrected chi connectivity index (χ2v) is 6.58. The molecule has 2 rings (SSSR count). The number of carbonyl (C=O) groups excluding carboxylic acids is 2. The van der Waals surface area contributed by atoms with Crippen LogP contribution in [0.15, 0.2) is 24.3 Å². The number of nitrogens with one attached hydrogen (secondary N) is 2. The van der Waals surface area contributed by atoms with Crippen LogP contribution in [0, 0.1) is 5.92 Å². The first-order valence-electron chi connectivity index (χ1n) is 9.04. The molecule has 0 radical (unpaired) electrons. The molecule has 1 aromatic rings. The zero-order valence-corrected chi connectivity index (χ0v) is 15.4. The molecule has 1 heterocycles. The number of nitrogens with zero attached hydrogens (tertiary/aromatic N) is 1. The number of benzene rings is 1. The van der Waals surface area contributed by atoms with E-state index in [1.54, 1.807) is 36.3 Å².